The summed E-state index contributed by atoms with van der Waals surface area (Å²) < 4.78 is 21.0. The van der Waals surface area contributed by atoms with Gasteiger partial charge in [-0.25, -0.2) is 18.7 Å². The molecule has 2 aromatic heterocycles. The van der Waals surface area contributed by atoms with E-state index in [0.717, 1.165) is 22.9 Å². The van der Waals surface area contributed by atoms with Crippen molar-refractivity contribution in [3.8, 4) is 17.0 Å². The van der Waals surface area contributed by atoms with Gasteiger partial charge in [-0.2, -0.15) is 0 Å². The Labute approximate surface area is 169 Å². The number of hydrogen-bond acceptors (Lipinski definition) is 6. The number of benzene rings is 2. The first-order valence-electron chi connectivity index (χ1n) is 9.14. The summed E-state index contributed by atoms with van der Waals surface area (Å²) in [6, 6.07) is 12.9. The first-order chi connectivity index (χ1) is 14.5. The lowest BCUT2D eigenvalue weighted by atomic mass is 9.99. The Morgan fingerprint density at radius 3 is 2.87 bits per heavy atom. The van der Waals surface area contributed by atoms with Crippen LogP contribution in [-0.2, 0) is 4.74 Å². The van der Waals surface area contributed by atoms with Crippen LogP contribution in [0.4, 0.5) is 20.8 Å². The van der Waals surface area contributed by atoms with Crippen molar-refractivity contribution in [1.82, 2.24) is 14.6 Å². The normalized spacial score (nSPS) is 14.5. The zero-order chi connectivity index (χ0) is 20.8. The van der Waals surface area contributed by atoms with E-state index in [4.69, 9.17) is 0 Å². The molecule has 1 amide bonds. The molecule has 2 aromatic carbocycles. The molecular weight excluding hydrogens is 389 g/mol. The third kappa shape index (κ3) is 2.79. The molecule has 0 fully saturated rings. The van der Waals surface area contributed by atoms with E-state index in [0.29, 0.717) is 16.8 Å². The lowest BCUT2D eigenvalue weighted by molar-refractivity contribution is 0.186. The number of amides is 1. The third-order valence-electron chi connectivity index (χ3n) is 5.03. The molecule has 9 heteroatoms. The number of phenolic OH excluding ortho intramolecular Hbond substituents is 1. The number of rotatable bonds is 2. The molecule has 0 saturated carbocycles. The summed E-state index contributed by atoms with van der Waals surface area (Å²) in [5, 5.41) is 19.8. The molecule has 1 aliphatic heterocycles. The average Bonchev–Trinajstić information content (AvgIpc) is 3.10. The van der Waals surface area contributed by atoms with E-state index in [1.165, 1.54) is 13.2 Å². The number of para-hydroxylation sites is 1. The first-order valence-corrected chi connectivity index (χ1v) is 9.14. The number of hydrogen-bond donors (Lipinski definition) is 3. The predicted molar refractivity (Wildman–Crippen MR) is 108 cm³/mol. The van der Waals surface area contributed by atoms with Crippen LogP contribution in [0, 0.1) is 5.82 Å². The topological polar surface area (TPSA) is 101 Å². The lowest BCUT2D eigenvalue weighted by Gasteiger charge is -2.20. The quantitative estimate of drug-likeness (QED) is 0.467. The van der Waals surface area contributed by atoms with Crippen LogP contribution < -0.4 is 10.6 Å². The number of carbonyl (C=O) groups is 1. The monoisotopic (exact) mass is 405 g/mol. The number of aromatic nitrogens is 3. The van der Waals surface area contributed by atoms with Crippen molar-refractivity contribution < 1.29 is 19.0 Å². The van der Waals surface area contributed by atoms with E-state index >= 15 is 0 Å². The van der Waals surface area contributed by atoms with E-state index in [1.807, 2.05) is 30.3 Å². The molecule has 1 unspecified atom stereocenters. The van der Waals surface area contributed by atoms with Gasteiger partial charge in [0.15, 0.2) is 0 Å². The Morgan fingerprint density at radius 2 is 2.07 bits per heavy atom. The molecule has 150 valence electrons. The second kappa shape index (κ2) is 6.73. The standard InChI is InChI=1S/C21H16FN5O3/c1-30-21(29)25-20-24-18-13-4-2-3-5-16(13)23-17(12-7-6-11(28)10-15(12)22)14-8-9-27(26-20)19(14)18/h2-10,17,23,28H,1H3,(H,25,26,29). The zero-order valence-corrected chi connectivity index (χ0v) is 15.8. The summed E-state index contributed by atoms with van der Waals surface area (Å²) in [4.78, 5) is 16.2. The molecule has 0 radical (unpaired) electrons. The molecule has 3 heterocycles. The summed E-state index contributed by atoms with van der Waals surface area (Å²) in [6.45, 7) is 0. The number of phenols is 1. The van der Waals surface area contributed by atoms with Gasteiger partial charge in [0.25, 0.3) is 5.95 Å². The van der Waals surface area contributed by atoms with Gasteiger partial charge in [0.1, 0.15) is 17.3 Å². The molecule has 30 heavy (non-hydrogen) atoms. The van der Waals surface area contributed by atoms with Crippen LogP contribution in [0.1, 0.15) is 17.2 Å². The molecule has 0 aliphatic carbocycles. The fourth-order valence-electron chi connectivity index (χ4n) is 3.71. The predicted octanol–water partition coefficient (Wildman–Crippen LogP) is 3.93. The van der Waals surface area contributed by atoms with Gasteiger partial charge in [-0.05, 0) is 18.2 Å². The summed E-state index contributed by atoms with van der Waals surface area (Å²) in [7, 11) is 1.26. The fraction of sp³-hybridized carbons (Fsp3) is 0.0952. The zero-order valence-electron chi connectivity index (χ0n) is 15.8. The molecule has 0 bridgehead atoms. The number of fused-ring (bicyclic) bond motifs is 2. The van der Waals surface area contributed by atoms with Crippen molar-refractivity contribution in [3.05, 3.63) is 71.7 Å². The third-order valence-corrected chi connectivity index (χ3v) is 5.03. The Morgan fingerprint density at radius 1 is 1.23 bits per heavy atom. The number of ether oxygens (including phenoxy) is 1. The highest BCUT2D eigenvalue weighted by Crippen LogP contribution is 2.42. The number of aromatic hydroxyl groups is 1. The average molecular weight is 405 g/mol. The maximum Gasteiger partial charge on any atom is 0.413 e. The van der Waals surface area contributed by atoms with E-state index < -0.39 is 18.0 Å². The molecule has 5 rings (SSSR count). The molecule has 3 N–H and O–H groups in total. The van der Waals surface area contributed by atoms with Crippen molar-refractivity contribution in [2.24, 2.45) is 0 Å². The van der Waals surface area contributed by atoms with Gasteiger partial charge in [0.05, 0.1) is 18.7 Å². The number of methoxy groups -OCH3 is 1. The molecule has 1 atom stereocenters. The summed E-state index contributed by atoms with van der Waals surface area (Å²) >= 11 is 0. The highest BCUT2D eigenvalue weighted by atomic mass is 19.1. The maximum absolute atomic E-state index is 14.8. The van der Waals surface area contributed by atoms with Crippen molar-refractivity contribution >= 4 is 23.2 Å². The smallest absolute Gasteiger partial charge is 0.413 e. The SMILES string of the molecule is COC(=O)Nc1nc2c3c(ccn3n1)C(c1ccc(O)cc1F)Nc1ccccc1-2. The Balaban J connectivity index is 1.77. The van der Waals surface area contributed by atoms with Crippen LogP contribution in [0.15, 0.2) is 54.7 Å². The number of nitrogens with zero attached hydrogens (tertiary/aromatic N) is 3. The van der Waals surface area contributed by atoms with Crippen LogP contribution in [-0.4, -0.2) is 32.9 Å². The van der Waals surface area contributed by atoms with Gasteiger partial charge in [-0.1, -0.05) is 24.3 Å². The summed E-state index contributed by atoms with van der Waals surface area (Å²) in [5.74, 6) is -0.595. The van der Waals surface area contributed by atoms with Crippen LogP contribution in [0.3, 0.4) is 0 Å². The van der Waals surface area contributed by atoms with Crippen LogP contribution in [0.5, 0.6) is 5.75 Å². The fourth-order valence-corrected chi connectivity index (χ4v) is 3.71. The van der Waals surface area contributed by atoms with Gasteiger partial charge in [-0.3, -0.25) is 5.32 Å². The van der Waals surface area contributed by atoms with Crippen molar-refractivity contribution in [3.63, 3.8) is 0 Å². The van der Waals surface area contributed by atoms with E-state index in [9.17, 15) is 14.3 Å². The minimum Gasteiger partial charge on any atom is -0.508 e. The molecule has 1 aliphatic rings. The lowest BCUT2D eigenvalue weighted by Crippen LogP contribution is -2.15. The van der Waals surface area contributed by atoms with Gasteiger partial charge in [0, 0.05) is 34.6 Å². The second-order valence-corrected chi connectivity index (χ2v) is 6.79. The van der Waals surface area contributed by atoms with Gasteiger partial charge < -0.3 is 15.2 Å². The number of anilines is 2. The van der Waals surface area contributed by atoms with E-state index in [-0.39, 0.29) is 11.7 Å². The Hall–Kier alpha value is -4.14. The maximum atomic E-state index is 14.8. The van der Waals surface area contributed by atoms with Crippen LogP contribution in [0.25, 0.3) is 16.8 Å². The van der Waals surface area contributed by atoms with Crippen LogP contribution in [0.2, 0.25) is 0 Å². The van der Waals surface area contributed by atoms with Crippen molar-refractivity contribution in [2.75, 3.05) is 17.7 Å². The summed E-state index contributed by atoms with van der Waals surface area (Å²) in [6.07, 6.45) is 1.04. The Kier molecular flexibility index (Phi) is 4.02. The van der Waals surface area contributed by atoms with Crippen LogP contribution >= 0.6 is 0 Å². The molecule has 0 saturated heterocycles. The van der Waals surface area contributed by atoms with E-state index in [2.05, 4.69) is 25.5 Å². The number of halogens is 1. The molecular formula is C21H16FN5O3. The Bertz CT molecular complexity index is 1300. The van der Waals surface area contributed by atoms with Crippen molar-refractivity contribution in [2.45, 2.75) is 6.04 Å². The van der Waals surface area contributed by atoms with Gasteiger partial charge >= 0.3 is 6.09 Å². The molecule has 4 aromatic rings. The molecule has 0 spiro atoms. The highest BCUT2D eigenvalue weighted by Gasteiger charge is 2.29. The van der Waals surface area contributed by atoms with Gasteiger partial charge in [-0.15, -0.1) is 5.10 Å². The van der Waals surface area contributed by atoms with E-state index in [1.54, 1.807) is 16.8 Å². The largest absolute Gasteiger partial charge is 0.508 e. The number of carbonyl (C=O) groups excluding carboxylic acids is 1. The first kappa shape index (κ1) is 17.9. The minimum absolute atomic E-state index is 0.0792. The van der Waals surface area contributed by atoms with Gasteiger partial charge in [0.2, 0.25) is 0 Å². The number of nitrogens with one attached hydrogen (secondary N) is 2. The molecule has 8 nitrogen and oxygen atoms in total. The second-order valence-electron chi connectivity index (χ2n) is 6.79. The minimum atomic E-state index is -0.682. The highest BCUT2D eigenvalue weighted by molar-refractivity contribution is 5.91. The van der Waals surface area contributed by atoms with Crippen molar-refractivity contribution in [1.29, 1.82) is 0 Å². The summed E-state index contributed by atoms with van der Waals surface area (Å²) in [5.41, 5.74) is 3.92.